The van der Waals surface area contributed by atoms with Gasteiger partial charge in [-0.25, -0.2) is 0 Å². The van der Waals surface area contributed by atoms with Crippen LogP contribution in [0.5, 0.6) is 5.75 Å². The third-order valence-corrected chi connectivity index (χ3v) is 4.06. The van der Waals surface area contributed by atoms with Crippen LogP contribution in [0.3, 0.4) is 0 Å². The zero-order valence-electron chi connectivity index (χ0n) is 14.5. The Balaban J connectivity index is 2.06. The number of hydrogen-bond acceptors (Lipinski definition) is 4. The maximum Gasteiger partial charge on any atom is 0.257 e. The summed E-state index contributed by atoms with van der Waals surface area (Å²) >= 11 is 5.37. The number of hydrogen-bond donors (Lipinski definition) is 2. The maximum atomic E-state index is 12.4. The second-order valence-corrected chi connectivity index (χ2v) is 6.00. The monoisotopic (exact) mass is 371 g/mol. The zero-order chi connectivity index (χ0) is 18.9. The Labute approximate surface area is 157 Å². The Kier molecular flexibility index (Phi) is 7.11. The number of amides is 2. The van der Waals surface area contributed by atoms with E-state index in [2.05, 4.69) is 5.32 Å². The van der Waals surface area contributed by atoms with Crippen molar-refractivity contribution in [2.75, 3.05) is 13.7 Å². The van der Waals surface area contributed by atoms with Gasteiger partial charge in [-0.1, -0.05) is 30.3 Å². The number of primary amides is 1. The lowest BCUT2D eigenvalue weighted by atomic mass is 10.2. The van der Waals surface area contributed by atoms with Gasteiger partial charge in [-0.05, 0) is 42.0 Å². The maximum absolute atomic E-state index is 12.4. The minimum atomic E-state index is -0.424. The molecule has 2 aromatic carbocycles. The number of rotatable bonds is 7. The van der Waals surface area contributed by atoms with E-state index < -0.39 is 5.91 Å². The molecule has 0 saturated heterocycles. The van der Waals surface area contributed by atoms with Gasteiger partial charge in [0.2, 0.25) is 5.91 Å². The summed E-state index contributed by atoms with van der Waals surface area (Å²) in [4.78, 5) is 25.3. The van der Waals surface area contributed by atoms with Crippen LogP contribution in [0.1, 0.15) is 22.3 Å². The molecule has 3 N–H and O–H groups in total. The molecule has 7 heteroatoms. The molecule has 0 unspecified atom stereocenters. The molecule has 2 rings (SSSR count). The number of nitrogens with one attached hydrogen (secondary N) is 1. The van der Waals surface area contributed by atoms with E-state index in [1.807, 2.05) is 30.3 Å². The molecule has 0 aliphatic heterocycles. The summed E-state index contributed by atoms with van der Waals surface area (Å²) in [5.74, 6) is -0.0848. The fourth-order valence-electron chi connectivity index (χ4n) is 2.29. The number of ether oxygens (including phenoxy) is 1. The van der Waals surface area contributed by atoms with Gasteiger partial charge < -0.3 is 15.4 Å². The summed E-state index contributed by atoms with van der Waals surface area (Å²) in [6, 6.07) is 16.4. The summed E-state index contributed by atoms with van der Waals surface area (Å²) in [7, 11) is 1.56. The summed E-state index contributed by atoms with van der Waals surface area (Å²) in [6.45, 7) is 0.793. The highest BCUT2D eigenvalue weighted by atomic mass is 32.1. The van der Waals surface area contributed by atoms with Crippen molar-refractivity contribution in [3.05, 3.63) is 65.7 Å². The van der Waals surface area contributed by atoms with Crippen LogP contribution < -0.4 is 15.8 Å². The van der Waals surface area contributed by atoms with Crippen molar-refractivity contribution < 1.29 is 14.3 Å². The van der Waals surface area contributed by atoms with Crippen molar-refractivity contribution in [1.29, 1.82) is 0 Å². The van der Waals surface area contributed by atoms with Gasteiger partial charge in [0.05, 0.1) is 7.11 Å². The lowest BCUT2D eigenvalue weighted by molar-refractivity contribution is -0.118. The van der Waals surface area contributed by atoms with Gasteiger partial charge in [0.25, 0.3) is 5.91 Å². The van der Waals surface area contributed by atoms with Crippen LogP contribution in [0.2, 0.25) is 0 Å². The van der Waals surface area contributed by atoms with Gasteiger partial charge in [0.1, 0.15) is 5.75 Å². The van der Waals surface area contributed by atoms with E-state index in [4.69, 9.17) is 22.7 Å². The van der Waals surface area contributed by atoms with Crippen molar-refractivity contribution in [1.82, 2.24) is 10.2 Å². The van der Waals surface area contributed by atoms with E-state index in [1.165, 1.54) is 0 Å². The molecule has 0 bridgehead atoms. The SMILES string of the molecule is COc1ccc(C(=O)NC(=S)N(CCC(N)=O)Cc2ccccc2)cc1. The lowest BCUT2D eigenvalue weighted by Gasteiger charge is -2.25. The second kappa shape index (κ2) is 9.53. The van der Waals surface area contributed by atoms with E-state index in [1.54, 1.807) is 36.3 Å². The topological polar surface area (TPSA) is 84.7 Å². The molecular formula is C19H21N3O3S. The summed E-state index contributed by atoms with van der Waals surface area (Å²) < 4.78 is 5.08. The Morgan fingerprint density at radius 3 is 2.35 bits per heavy atom. The highest BCUT2D eigenvalue weighted by molar-refractivity contribution is 7.80. The van der Waals surface area contributed by atoms with Crippen molar-refractivity contribution in [3.63, 3.8) is 0 Å². The van der Waals surface area contributed by atoms with Crippen LogP contribution in [-0.4, -0.2) is 35.5 Å². The van der Waals surface area contributed by atoms with E-state index in [-0.39, 0.29) is 17.4 Å². The Morgan fingerprint density at radius 2 is 1.77 bits per heavy atom. The molecule has 0 fully saturated rings. The third-order valence-electron chi connectivity index (χ3n) is 3.70. The standard InChI is InChI=1S/C19H21N3O3S/c1-25-16-9-7-15(8-10-16)18(24)21-19(26)22(12-11-17(20)23)13-14-5-3-2-4-6-14/h2-10H,11-13H2,1H3,(H2,20,23)(H,21,24,26). The molecule has 0 spiro atoms. The average molecular weight is 371 g/mol. The number of thiocarbonyl (C=S) groups is 1. The molecule has 0 saturated carbocycles. The van der Waals surface area contributed by atoms with Gasteiger partial charge in [-0.15, -0.1) is 0 Å². The van der Waals surface area contributed by atoms with E-state index in [9.17, 15) is 9.59 Å². The number of carbonyl (C=O) groups excluding carboxylic acids is 2. The van der Waals surface area contributed by atoms with Crippen LogP contribution in [0.25, 0.3) is 0 Å². The highest BCUT2D eigenvalue weighted by Gasteiger charge is 2.15. The molecule has 6 nitrogen and oxygen atoms in total. The van der Waals surface area contributed by atoms with Crippen molar-refractivity contribution in [3.8, 4) is 5.75 Å². The van der Waals surface area contributed by atoms with E-state index in [0.29, 0.717) is 24.4 Å². The van der Waals surface area contributed by atoms with E-state index in [0.717, 1.165) is 5.56 Å². The first-order valence-corrected chi connectivity index (χ1v) is 8.47. The largest absolute Gasteiger partial charge is 0.497 e. The Hall–Kier alpha value is -2.93. The van der Waals surface area contributed by atoms with Gasteiger partial charge in [-0.3, -0.25) is 14.9 Å². The van der Waals surface area contributed by atoms with Crippen LogP contribution >= 0.6 is 12.2 Å². The molecule has 0 radical (unpaired) electrons. The molecule has 2 amide bonds. The minimum Gasteiger partial charge on any atom is -0.497 e. The predicted molar refractivity (Wildman–Crippen MR) is 104 cm³/mol. The van der Waals surface area contributed by atoms with Crippen LogP contribution in [0, 0.1) is 0 Å². The normalized spacial score (nSPS) is 10.0. The molecular weight excluding hydrogens is 350 g/mol. The highest BCUT2D eigenvalue weighted by Crippen LogP contribution is 2.12. The average Bonchev–Trinajstić information content (AvgIpc) is 2.65. The predicted octanol–water partition coefficient (Wildman–Crippen LogP) is 2.09. The molecule has 0 atom stereocenters. The molecule has 0 aromatic heterocycles. The van der Waals surface area contributed by atoms with Gasteiger partial charge in [-0.2, -0.15) is 0 Å². The number of carbonyl (C=O) groups is 2. The summed E-state index contributed by atoms with van der Waals surface area (Å²) in [5.41, 5.74) is 6.72. The quantitative estimate of drug-likeness (QED) is 0.728. The first kappa shape index (κ1) is 19.4. The Bertz CT molecular complexity index is 763. The summed E-state index contributed by atoms with van der Waals surface area (Å²) in [5, 5.41) is 2.95. The lowest BCUT2D eigenvalue weighted by Crippen LogP contribution is -2.43. The molecule has 136 valence electrons. The third kappa shape index (κ3) is 5.86. The number of nitrogens with two attached hydrogens (primary N) is 1. The minimum absolute atomic E-state index is 0.144. The Morgan fingerprint density at radius 1 is 1.12 bits per heavy atom. The zero-order valence-corrected chi connectivity index (χ0v) is 15.3. The van der Waals surface area contributed by atoms with Crippen LogP contribution in [0.4, 0.5) is 0 Å². The number of benzene rings is 2. The van der Waals surface area contributed by atoms with Crippen molar-refractivity contribution >= 4 is 29.1 Å². The molecule has 0 aliphatic carbocycles. The second-order valence-electron chi connectivity index (χ2n) is 5.61. The molecule has 2 aromatic rings. The first-order chi connectivity index (χ1) is 12.5. The first-order valence-electron chi connectivity index (χ1n) is 8.06. The van der Waals surface area contributed by atoms with Gasteiger partial charge in [0.15, 0.2) is 5.11 Å². The fraction of sp³-hybridized carbons (Fsp3) is 0.211. The molecule has 0 heterocycles. The number of methoxy groups -OCH3 is 1. The number of nitrogens with zero attached hydrogens (tertiary/aromatic N) is 1. The van der Waals surface area contributed by atoms with E-state index >= 15 is 0 Å². The van der Waals surface area contributed by atoms with Crippen LogP contribution in [0.15, 0.2) is 54.6 Å². The molecule has 26 heavy (non-hydrogen) atoms. The van der Waals surface area contributed by atoms with Crippen LogP contribution in [-0.2, 0) is 11.3 Å². The molecule has 0 aliphatic rings. The van der Waals surface area contributed by atoms with Gasteiger partial charge >= 0.3 is 0 Å². The summed E-state index contributed by atoms with van der Waals surface area (Å²) in [6.07, 6.45) is 0.144. The van der Waals surface area contributed by atoms with Gasteiger partial charge in [0, 0.05) is 25.1 Å². The van der Waals surface area contributed by atoms with Crippen molar-refractivity contribution in [2.24, 2.45) is 5.73 Å². The smallest absolute Gasteiger partial charge is 0.257 e. The van der Waals surface area contributed by atoms with Crippen molar-refractivity contribution in [2.45, 2.75) is 13.0 Å². The fourth-order valence-corrected chi connectivity index (χ4v) is 2.54.